The van der Waals surface area contributed by atoms with Crippen LogP contribution in [0.1, 0.15) is 108 Å². The number of hydrogen-bond acceptors (Lipinski definition) is 15. The molecule has 2 N–H and O–H groups in total. The van der Waals surface area contributed by atoms with E-state index >= 15 is 0 Å². The zero-order valence-corrected chi connectivity index (χ0v) is 90.3. The van der Waals surface area contributed by atoms with Gasteiger partial charge in [0.1, 0.15) is 69.4 Å². The Labute approximate surface area is 889 Å². The van der Waals surface area contributed by atoms with Gasteiger partial charge in [-0.1, -0.05) is 184 Å². The SMILES string of the molecule is CCc1c(Cn2c(-c3ccc(OC)cc3)nc3ccccc32)c(CC)c(Cn2c(-c3ccc(OC)cc3)nc3ccccc32)c(CC)c1Cn1c(-c2ccc(OC)cc2)nc2ccccc21.CCc1c(Cn2c(-c3ccc(OC)cc3)nc3ccccc32)c(CC)c(Cn2c(-c3ccc(OC)cc3)nc3ccccc32)c(CC)c1Cn1c(-c2ccc(OC)cc2)nc2ccccc21.CO.CO.COC.ClC(Cl)Cl.ClC(Cl)Cl. The second kappa shape index (κ2) is 52.1. The van der Waals surface area contributed by atoms with Gasteiger partial charge < -0.3 is 70.8 Å². The third kappa shape index (κ3) is 24.3. The fourth-order valence-electron chi connectivity index (χ4n) is 20.0. The third-order valence-corrected chi connectivity index (χ3v) is 26.4. The van der Waals surface area contributed by atoms with Crippen LogP contribution >= 0.6 is 69.6 Å². The molecule has 760 valence electrons. The third-order valence-electron chi connectivity index (χ3n) is 26.4. The van der Waals surface area contributed by atoms with Crippen LogP contribution in [-0.4, -0.2) is 147 Å². The molecule has 21 nitrogen and oxygen atoms in total. The molecule has 0 fully saturated rings. The molecule has 0 radical (unpaired) electrons. The van der Waals surface area contributed by atoms with Crippen LogP contribution in [0.5, 0.6) is 34.5 Å². The van der Waals surface area contributed by atoms with E-state index in [4.69, 9.17) is 138 Å². The normalized spacial score (nSPS) is 11.1. The van der Waals surface area contributed by atoms with Crippen molar-refractivity contribution < 1.29 is 43.4 Å². The minimum atomic E-state index is -0.750. The van der Waals surface area contributed by atoms with E-state index in [0.29, 0.717) is 39.3 Å². The molecule has 0 aliphatic heterocycles. The average molecular weight is 2090 g/mol. The number of methoxy groups -OCH3 is 7. The monoisotopic (exact) mass is 2090 g/mol. The molecule has 0 bridgehead atoms. The number of nitrogens with zero attached hydrogens (tertiary/aromatic N) is 12. The summed E-state index contributed by atoms with van der Waals surface area (Å²) < 4.78 is 50.8. The Morgan fingerprint density at radius 1 is 0.197 bits per heavy atom. The minimum Gasteiger partial charge on any atom is -0.497 e. The summed E-state index contributed by atoms with van der Waals surface area (Å²) in [6.45, 7) is 17.8. The summed E-state index contributed by atoms with van der Waals surface area (Å²) in [4.78, 5) is 31.9. The van der Waals surface area contributed by atoms with E-state index in [9.17, 15) is 0 Å². The van der Waals surface area contributed by atoms with Gasteiger partial charge in [-0.3, -0.25) is 0 Å². The van der Waals surface area contributed by atoms with Crippen LogP contribution in [0.4, 0.5) is 0 Å². The molecule has 147 heavy (non-hydrogen) atoms. The van der Waals surface area contributed by atoms with Crippen LogP contribution in [0.15, 0.2) is 291 Å². The van der Waals surface area contributed by atoms with Gasteiger partial charge in [0.15, 0.2) is 8.59 Å². The Kier molecular flexibility index (Phi) is 38.6. The Bertz CT molecular complexity index is 6560. The number of ether oxygens (including phenoxy) is 7. The number of aliphatic hydroxyl groups excluding tert-OH is 2. The van der Waals surface area contributed by atoms with Crippen LogP contribution in [0.25, 0.3) is 135 Å². The first-order valence-corrected chi connectivity index (χ1v) is 51.5. The first-order chi connectivity index (χ1) is 71.8. The van der Waals surface area contributed by atoms with Crippen molar-refractivity contribution in [3.63, 3.8) is 0 Å². The quantitative estimate of drug-likeness (QED) is 0.0401. The molecule has 0 aliphatic rings. The number of aromatic nitrogens is 12. The van der Waals surface area contributed by atoms with Gasteiger partial charge in [-0.05, 0) is 324 Å². The van der Waals surface area contributed by atoms with Crippen LogP contribution in [0.2, 0.25) is 0 Å². The molecule has 20 aromatic rings. The molecule has 0 unspecified atom stereocenters. The summed E-state index contributed by atoms with van der Waals surface area (Å²) in [7, 11) is 15.5. The lowest BCUT2D eigenvalue weighted by molar-refractivity contribution is 0.277. The molecule has 6 heterocycles. The Morgan fingerprint density at radius 3 is 0.422 bits per heavy atom. The summed E-state index contributed by atoms with van der Waals surface area (Å²) in [5, 5.41) is 14.0. The number of benzene rings is 14. The standard InChI is InChI=1S/2C57H54N6O3.C2H6O.2CHCl3.2CH4O/c2*1-7-43-46(34-61-52-19-13-10-16-49(52)58-55(61)37-22-28-40(64-4)29-23-37)44(8-2)48(36-63-54-21-15-12-18-51(54)60-57(63)39-26-32-42(66-6)33-27-39)45(9-3)47(43)35-62-53-20-14-11-17-50(53)59-56(62)38-24-30-41(65-5)31-25-38;1-3-2;2*2-1(3)4;2*1-2/h2*10-33H,7-9,34-36H2,1-6H3;1-2H3;2*1H;2*2H,1H3. The van der Waals surface area contributed by atoms with Gasteiger partial charge in [0.05, 0.1) is 148 Å². The van der Waals surface area contributed by atoms with E-state index in [-0.39, 0.29) is 0 Å². The van der Waals surface area contributed by atoms with Gasteiger partial charge in [-0.15, -0.1) is 0 Å². The van der Waals surface area contributed by atoms with Crippen molar-refractivity contribution in [2.45, 2.75) is 128 Å². The summed E-state index contributed by atoms with van der Waals surface area (Å²) in [5.74, 6) is 10.4. The highest BCUT2D eigenvalue weighted by Gasteiger charge is 2.31. The minimum absolute atomic E-state index is 0.643. The van der Waals surface area contributed by atoms with Crippen LogP contribution < -0.4 is 28.4 Å². The molecule has 0 spiro atoms. The number of alkyl halides is 6. The summed E-state index contributed by atoms with van der Waals surface area (Å²) in [6, 6.07) is 101. The number of rotatable bonds is 30. The van der Waals surface area contributed by atoms with Crippen molar-refractivity contribution in [2.75, 3.05) is 71.1 Å². The topological polar surface area (TPSA) is 212 Å². The van der Waals surface area contributed by atoms with Crippen LogP contribution in [0, 0.1) is 0 Å². The average Bonchev–Trinajstić information content (AvgIpc) is 1.32. The molecule has 0 aliphatic carbocycles. The molecule has 0 saturated carbocycles. The maximum absolute atomic E-state index is 7.00. The maximum atomic E-state index is 7.00. The van der Waals surface area contributed by atoms with Crippen molar-refractivity contribution in [1.82, 2.24) is 57.3 Å². The summed E-state index contributed by atoms with van der Waals surface area (Å²) >= 11 is 28.8. The molecule has 0 atom stereocenters. The predicted octanol–water partition coefficient (Wildman–Crippen LogP) is 28.6. The van der Waals surface area contributed by atoms with Gasteiger partial charge in [0, 0.05) is 61.8 Å². The van der Waals surface area contributed by atoms with Gasteiger partial charge in [-0.25, -0.2) is 29.9 Å². The lowest BCUT2D eigenvalue weighted by atomic mass is 9.82. The highest BCUT2D eigenvalue weighted by Crippen LogP contribution is 2.43. The smallest absolute Gasteiger partial charge is 0.180 e. The fraction of sp³-hybridized carbons (Fsp3) is 0.250. The highest BCUT2D eigenvalue weighted by molar-refractivity contribution is 6.63. The van der Waals surface area contributed by atoms with E-state index in [0.717, 1.165) is 222 Å². The van der Waals surface area contributed by atoms with E-state index in [1.807, 2.05) is 72.8 Å². The van der Waals surface area contributed by atoms with Gasteiger partial charge in [0.25, 0.3) is 0 Å². The fourth-order valence-corrected chi connectivity index (χ4v) is 20.0. The molecule has 0 saturated heterocycles. The first kappa shape index (κ1) is 109. The second-order valence-corrected chi connectivity index (χ2v) is 38.2. The molecular weight excluding hydrogens is 1970 g/mol. The maximum Gasteiger partial charge on any atom is 0.180 e. The van der Waals surface area contributed by atoms with Crippen molar-refractivity contribution in [3.05, 3.63) is 358 Å². The zero-order valence-electron chi connectivity index (χ0n) is 85.7. The number of aliphatic hydroxyl groups is 2. The largest absolute Gasteiger partial charge is 0.497 e. The van der Waals surface area contributed by atoms with Crippen molar-refractivity contribution in [1.29, 1.82) is 0 Å². The van der Waals surface area contributed by atoms with Crippen molar-refractivity contribution >= 4 is 136 Å². The number of imidazole rings is 6. The van der Waals surface area contributed by atoms with Gasteiger partial charge >= 0.3 is 0 Å². The van der Waals surface area contributed by atoms with E-state index in [1.54, 1.807) is 56.9 Å². The van der Waals surface area contributed by atoms with Gasteiger partial charge in [-0.2, -0.15) is 0 Å². The van der Waals surface area contributed by atoms with Crippen LogP contribution in [-0.2, 0) is 82.5 Å². The molecule has 27 heteroatoms. The number of halogens is 6. The molecular formula is C120H124Cl6N12O9. The first-order valence-electron chi connectivity index (χ1n) is 48.8. The number of hydrogen-bond donors (Lipinski definition) is 2. The lowest BCUT2D eigenvalue weighted by Crippen LogP contribution is -2.19. The zero-order chi connectivity index (χ0) is 104. The molecule has 0 amide bonds. The van der Waals surface area contributed by atoms with Gasteiger partial charge in [0.2, 0.25) is 0 Å². The lowest BCUT2D eigenvalue weighted by Gasteiger charge is -2.28. The number of fused-ring (bicyclic) bond motifs is 6. The Balaban J connectivity index is 0.000000205. The molecule has 6 aromatic heterocycles. The number of para-hydroxylation sites is 12. The van der Waals surface area contributed by atoms with Crippen molar-refractivity contribution in [3.8, 4) is 103 Å². The molecule has 14 aromatic carbocycles. The van der Waals surface area contributed by atoms with E-state index in [2.05, 4.69) is 292 Å². The van der Waals surface area contributed by atoms with E-state index in [1.165, 1.54) is 66.8 Å². The predicted molar refractivity (Wildman–Crippen MR) is 606 cm³/mol. The van der Waals surface area contributed by atoms with E-state index < -0.39 is 8.59 Å². The Hall–Kier alpha value is -13.7. The Morgan fingerprint density at radius 2 is 0.313 bits per heavy atom. The summed E-state index contributed by atoms with van der Waals surface area (Å²) in [6.07, 6.45) is 5.11. The van der Waals surface area contributed by atoms with Crippen molar-refractivity contribution in [2.24, 2.45) is 0 Å². The summed E-state index contributed by atoms with van der Waals surface area (Å²) in [5.41, 5.74) is 34.9. The van der Waals surface area contributed by atoms with Crippen LogP contribution in [0.3, 0.4) is 0 Å². The highest BCUT2D eigenvalue weighted by atomic mass is 35.6. The molecule has 20 rings (SSSR count). The second-order valence-electron chi connectivity index (χ2n) is 34.2.